The van der Waals surface area contributed by atoms with Crippen molar-refractivity contribution in [3.8, 4) is 0 Å². The van der Waals surface area contributed by atoms with Crippen molar-refractivity contribution in [2.75, 3.05) is 6.54 Å². The van der Waals surface area contributed by atoms with Gasteiger partial charge in [0.1, 0.15) is 0 Å². The third kappa shape index (κ3) is 4.70. The molecule has 1 aromatic rings. The summed E-state index contributed by atoms with van der Waals surface area (Å²) in [6.07, 6.45) is 2.55. The summed E-state index contributed by atoms with van der Waals surface area (Å²) in [5.41, 5.74) is 1.04. The maximum atomic E-state index is 12.1. The summed E-state index contributed by atoms with van der Waals surface area (Å²) >= 11 is 2.24. The predicted molar refractivity (Wildman–Crippen MR) is 83.6 cm³/mol. The average Bonchev–Trinajstić information content (AvgIpc) is 2.27. The van der Waals surface area contributed by atoms with Gasteiger partial charge in [-0.3, -0.25) is 0 Å². The molecule has 100 valence electrons. The van der Waals surface area contributed by atoms with Crippen LogP contribution in [-0.2, 0) is 10.0 Å². The van der Waals surface area contributed by atoms with Crippen LogP contribution in [0.3, 0.4) is 0 Å². The van der Waals surface area contributed by atoms with Crippen molar-refractivity contribution >= 4 is 32.6 Å². The Balaban J connectivity index is 2.77. The first-order chi connectivity index (χ1) is 8.27. The lowest BCUT2D eigenvalue weighted by molar-refractivity contribution is 0.568. The summed E-state index contributed by atoms with van der Waals surface area (Å²) < 4.78 is 26.6. The number of sulfonamides is 1. The molecule has 0 saturated carbocycles. The van der Waals surface area contributed by atoms with Gasteiger partial charge in [-0.05, 0) is 32.4 Å². The number of aryl methyl sites for hydroxylation is 1. The van der Waals surface area contributed by atoms with Crippen LogP contribution >= 0.6 is 22.6 Å². The zero-order valence-corrected chi connectivity index (χ0v) is 13.6. The first-order valence-corrected chi connectivity index (χ1v) is 8.19. The lowest BCUT2D eigenvalue weighted by Crippen LogP contribution is -2.36. The van der Waals surface area contributed by atoms with Crippen LogP contribution in [0.4, 0.5) is 0 Å². The van der Waals surface area contributed by atoms with E-state index in [1.165, 1.54) is 0 Å². The molecule has 1 unspecified atom stereocenters. The molecule has 0 saturated heterocycles. The minimum absolute atomic E-state index is 0.155. The number of allylic oxidation sites excluding steroid dienone is 1. The molecule has 0 bridgehead atoms. The Labute approximate surface area is 123 Å². The molecule has 0 aromatic heterocycles. The molecule has 0 amide bonds. The van der Waals surface area contributed by atoms with Crippen molar-refractivity contribution in [3.63, 3.8) is 0 Å². The fourth-order valence-corrected chi connectivity index (χ4v) is 3.35. The van der Waals surface area contributed by atoms with E-state index in [9.17, 15) is 8.42 Å². The molecule has 0 heterocycles. The van der Waals surface area contributed by atoms with E-state index in [1.54, 1.807) is 30.3 Å². The van der Waals surface area contributed by atoms with E-state index in [0.29, 0.717) is 11.4 Å². The van der Waals surface area contributed by atoms with E-state index >= 15 is 0 Å². The Morgan fingerprint density at radius 2 is 1.94 bits per heavy atom. The van der Waals surface area contributed by atoms with Gasteiger partial charge < -0.3 is 0 Å². The fraction of sp³-hybridized carbons (Fsp3) is 0.385. The Bertz CT molecular complexity index is 506. The minimum atomic E-state index is -3.42. The molecule has 1 aromatic carbocycles. The van der Waals surface area contributed by atoms with E-state index in [0.717, 1.165) is 12.0 Å². The second kappa shape index (κ2) is 6.16. The van der Waals surface area contributed by atoms with Crippen LogP contribution in [0.15, 0.2) is 41.8 Å². The molecule has 0 aliphatic rings. The van der Waals surface area contributed by atoms with Crippen LogP contribution in [0.1, 0.15) is 18.9 Å². The Kier molecular flexibility index (Phi) is 5.36. The SMILES string of the molecule is C=CCC(C)(I)CNS(=O)(=O)c1ccc(C)cc1. The highest BCUT2D eigenvalue weighted by Crippen LogP contribution is 2.22. The molecular formula is C13H18INO2S. The molecule has 0 aliphatic carbocycles. The van der Waals surface area contributed by atoms with Gasteiger partial charge in [0.05, 0.1) is 4.90 Å². The summed E-state index contributed by atoms with van der Waals surface area (Å²) in [6, 6.07) is 6.83. The first kappa shape index (κ1) is 15.7. The van der Waals surface area contributed by atoms with Gasteiger partial charge in [0.2, 0.25) is 10.0 Å². The highest BCUT2D eigenvalue weighted by Gasteiger charge is 2.22. The third-order valence-corrected chi connectivity index (χ3v) is 4.77. The molecular weight excluding hydrogens is 361 g/mol. The maximum Gasteiger partial charge on any atom is 0.240 e. The topological polar surface area (TPSA) is 46.2 Å². The van der Waals surface area contributed by atoms with Gasteiger partial charge in [0, 0.05) is 9.97 Å². The number of alkyl halides is 1. The molecule has 0 fully saturated rings. The van der Waals surface area contributed by atoms with Gasteiger partial charge in [-0.2, -0.15) is 0 Å². The van der Waals surface area contributed by atoms with Crippen LogP contribution in [0.5, 0.6) is 0 Å². The summed E-state index contributed by atoms with van der Waals surface area (Å²) in [7, 11) is -3.42. The second-order valence-corrected chi connectivity index (χ2v) is 8.92. The Hall–Kier alpha value is -0.400. The van der Waals surface area contributed by atoms with Gasteiger partial charge in [-0.25, -0.2) is 13.1 Å². The minimum Gasteiger partial charge on any atom is -0.210 e. The van der Waals surface area contributed by atoms with Gasteiger partial charge >= 0.3 is 0 Å². The molecule has 3 nitrogen and oxygen atoms in total. The normalized spacial score (nSPS) is 15.1. The summed E-state index contributed by atoms with van der Waals surface area (Å²) in [6.45, 7) is 7.98. The highest BCUT2D eigenvalue weighted by molar-refractivity contribution is 14.1. The Morgan fingerprint density at radius 1 is 1.39 bits per heavy atom. The molecule has 0 aliphatic heterocycles. The van der Waals surface area contributed by atoms with Crippen molar-refractivity contribution in [2.45, 2.75) is 28.6 Å². The summed E-state index contributed by atoms with van der Waals surface area (Å²) in [5, 5.41) is 0. The van der Waals surface area contributed by atoms with Crippen LogP contribution < -0.4 is 4.72 Å². The van der Waals surface area contributed by atoms with Crippen LogP contribution in [0, 0.1) is 6.92 Å². The van der Waals surface area contributed by atoms with Gasteiger partial charge in [0.15, 0.2) is 0 Å². The number of nitrogens with one attached hydrogen (secondary N) is 1. The molecule has 18 heavy (non-hydrogen) atoms. The van der Waals surface area contributed by atoms with Crippen molar-refractivity contribution in [1.29, 1.82) is 0 Å². The number of halogens is 1. The van der Waals surface area contributed by atoms with E-state index < -0.39 is 10.0 Å². The number of hydrogen-bond donors (Lipinski definition) is 1. The maximum absolute atomic E-state index is 12.1. The number of hydrogen-bond acceptors (Lipinski definition) is 2. The molecule has 1 rings (SSSR count). The van der Waals surface area contributed by atoms with E-state index in [4.69, 9.17) is 0 Å². The molecule has 1 N–H and O–H groups in total. The zero-order valence-electron chi connectivity index (χ0n) is 10.6. The average molecular weight is 379 g/mol. The van der Waals surface area contributed by atoms with Crippen LogP contribution in [0.25, 0.3) is 0 Å². The van der Waals surface area contributed by atoms with Crippen molar-refractivity contribution in [1.82, 2.24) is 4.72 Å². The highest BCUT2D eigenvalue weighted by atomic mass is 127. The quantitative estimate of drug-likeness (QED) is 0.469. The first-order valence-electron chi connectivity index (χ1n) is 5.63. The van der Waals surface area contributed by atoms with Crippen molar-refractivity contribution in [2.24, 2.45) is 0 Å². The van der Waals surface area contributed by atoms with Crippen LogP contribution in [-0.4, -0.2) is 18.4 Å². The predicted octanol–water partition coefficient (Wildman–Crippen LogP) is 3.04. The fourth-order valence-electron chi connectivity index (χ4n) is 1.42. The summed E-state index contributed by atoms with van der Waals surface area (Å²) in [5.74, 6) is 0. The molecule has 0 radical (unpaired) electrons. The van der Waals surface area contributed by atoms with Crippen molar-refractivity contribution in [3.05, 3.63) is 42.5 Å². The van der Waals surface area contributed by atoms with E-state index in [-0.39, 0.29) is 3.42 Å². The molecule has 1 atom stereocenters. The van der Waals surface area contributed by atoms with Crippen LogP contribution in [0.2, 0.25) is 0 Å². The summed E-state index contributed by atoms with van der Waals surface area (Å²) in [4.78, 5) is 0.305. The monoisotopic (exact) mass is 379 g/mol. The van der Waals surface area contributed by atoms with Gasteiger partial charge in [-0.15, -0.1) is 6.58 Å². The lowest BCUT2D eigenvalue weighted by atomic mass is 10.1. The van der Waals surface area contributed by atoms with Crippen molar-refractivity contribution < 1.29 is 8.42 Å². The van der Waals surface area contributed by atoms with Gasteiger partial charge in [0.25, 0.3) is 0 Å². The van der Waals surface area contributed by atoms with E-state index in [2.05, 4.69) is 33.9 Å². The lowest BCUT2D eigenvalue weighted by Gasteiger charge is -2.21. The standard InChI is InChI=1S/C13H18INO2S/c1-4-9-13(3,14)10-15-18(16,17)12-7-5-11(2)6-8-12/h4-8,15H,1,9-10H2,2-3H3. The largest absolute Gasteiger partial charge is 0.240 e. The van der Waals surface area contributed by atoms with Gasteiger partial charge in [-0.1, -0.05) is 46.4 Å². The Morgan fingerprint density at radius 3 is 2.44 bits per heavy atom. The zero-order chi connectivity index (χ0) is 13.8. The second-order valence-electron chi connectivity index (χ2n) is 4.54. The third-order valence-electron chi connectivity index (χ3n) is 2.53. The molecule has 5 heteroatoms. The number of rotatable bonds is 6. The molecule has 0 spiro atoms. The smallest absolute Gasteiger partial charge is 0.210 e. The number of benzene rings is 1. The van der Waals surface area contributed by atoms with E-state index in [1.807, 2.05) is 13.8 Å².